The lowest BCUT2D eigenvalue weighted by atomic mass is 10.1. The summed E-state index contributed by atoms with van der Waals surface area (Å²) < 4.78 is 0. The number of carbonyl (C=O) groups excluding carboxylic acids is 1. The van der Waals surface area contributed by atoms with Crippen molar-refractivity contribution in [1.82, 2.24) is 9.88 Å². The van der Waals surface area contributed by atoms with Crippen LogP contribution in [0.4, 0.5) is 0 Å². The first-order valence-electron chi connectivity index (χ1n) is 6.02. The smallest absolute Gasteiger partial charge is 0.257 e. The topological polar surface area (TPSA) is 53.4 Å². The third-order valence-electron chi connectivity index (χ3n) is 2.90. The van der Waals surface area contributed by atoms with Gasteiger partial charge >= 0.3 is 0 Å². The Bertz CT molecular complexity index is 582. The summed E-state index contributed by atoms with van der Waals surface area (Å²) >= 11 is 0. The molecule has 1 N–H and O–H groups in total. The molecule has 0 atom stereocenters. The van der Waals surface area contributed by atoms with Gasteiger partial charge in [0.1, 0.15) is 5.75 Å². The van der Waals surface area contributed by atoms with Gasteiger partial charge in [-0.2, -0.15) is 0 Å². The van der Waals surface area contributed by atoms with Crippen LogP contribution >= 0.6 is 0 Å². The quantitative estimate of drug-likeness (QED) is 0.917. The average Bonchev–Trinajstić information content (AvgIpc) is 2.39. The summed E-state index contributed by atoms with van der Waals surface area (Å²) in [5, 5.41) is 9.82. The molecule has 4 heteroatoms. The summed E-state index contributed by atoms with van der Waals surface area (Å²) in [6.45, 7) is 2.35. The Morgan fingerprint density at radius 3 is 2.58 bits per heavy atom. The highest BCUT2D eigenvalue weighted by Crippen LogP contribution is 2.20. The Labute approximate surface area is 112 Å². The molecule has 2 rings (SSSR count). The van der Waals surface area contributed by atoms with Crippen molar-refractivity contribution < 1.29 is 9.90 Å². The van der Waals surface area contributed by atoms with Gasteiger partial charge in [0.2, 0.25) is 0 Å². The van der Waals surface area contributed by atoms with Gasteiger partial charge < -0.3 is 10.0 Å². The lowest BCUT2D eigenvalue weighted by Gasteiger charge is -2.18. The van der Waals surface area contributed by atoms with Crippen LogP contribution in [-0.2, 0) is 6.54 Å². The number of hydrogen-bond donors (Lipinski definition) is 1. The molecule has 2 aromatic rings. The van der Waals surface area contributed by atoms with Crippen molar-refractivity contribution in [2.45, 2.75) is 13.5 Å². The predicted octanol–water partition coefficient (Wildman–Crippen LogP) is 2.37. The number of nitrogens with zero attached hydrogens (tertiary/aromatic N) is 2. The highest BCUT2D eigenvalue weighted by molar-refractivity contribution is 5.96. The minimum atomic E-state index is -0.200. The molecule has 0 fully saturated rings. The Morgan fingerprint density at radius 2 is 1.95 bits per heavy atom. The van der Waals surface area contributed by atoms with Gasteiger partial charge in [-0.25, -0.2) is 0 Å². The molecule has 0 saturated carbocycles. The molecule has 1 heterocycles. The van der Waals surface area contributed by atoms with Gasteiger partial charge in [0, 0.05) is 26.0 Å². The van der Waals surface area contributed by atoms with Gasteiger partial charge in [0.15, 0.2) is 0 Å². The summed E-state index contributed by atoms with van der Waals surface area (Å²) in [6, 6.07) is 8.77. The maximum atomic E-state index is 12.2. The van der Waals surface area contributed by atoms with E-state index in [0.717, 1.165) is 11.1 Å². The first kappa shape index (κ1) is 13.1. The zero-order valence-electron chi connectivity index (χ0n) is 11.0. The van der Waals surface area contributed by atoms with E-state index in [-0.39, 0.29) is 11.7 Å². The van der Waals surface area contributed by atoms with Crippen molar-refractivity contribution in [3.63, 3.8) is 0 Å². The van der Waals surface area contributed by atoms with Crippen molar-refractivity contribution in [1.29, 1.82) is 0 Å². The lowest BCUT2D eigenvalue weighted by Crippen LogP contribution is -2.26. The number of amides is 1. The predicted molar refractivity (Wildman–Crippen MR) is 72.9 cm³/mol. The number of pyridine rings is 1. The largest absolute Gasteiger partial charge is 0.507 e. The SMILES string of the molecule is Cc1ccc(C(=O)N(C)Cc2ccncc2)c(O)c1. The molecule has 0 aliphatic rings. The van der Waals surface area contributed by atoms with Crippen molar-refractivity contribution >= 4 is 5.91 Å². The number of phenolic OH excluding ortho intramolecular Hbond substituents is 1. The van der Waals surface area contributed by atoms with Gasteiger partial charge in [0.05, 0.1) is 5.56 Å². The minimum Gasteiger partial charge on any atom is -0.507 e. The minimum absolute atomic E-state index is 0.0200. The van der Waals surface area contributed by atoms with E-state index < -0.39 is 0 Å². The van der Waals surface area contributed by atoms with Crippen LogP contribution in [0.3, 0.4) is 0 Å². The molecular weight excluding hydrogens is 240 g/mol. The van der Waals surface area contributed by atoms with E-state index in [0.29, 0.717) is 12.1 Å². The van der Waals surface area contributed by atoms with E-state index in [1.165, 1.54) is 0 Å². The number of aromatic nitrogens is 1. The van der Waals surface area contributed by atoms with Gasteiger partial charge in [-0.3, -0.25) is 9.78 Å². The zero-order chi connectivity index (χ0) is 13.8. The first-order chi connectivity index (χ1) is 9.08. The maximum absolute atomic E-state index is 12.2. The van der Waals surface area contributed by atoms with Crippen LogP contribution in [0.1, 0.15) is 21.5 Å². The molecule has 0 spiro atoms. The van der Waals surface area contributed by atoms with Crippen molar-refractivity contribution in [3.8, 4) is 5.75 Å². The Hall–Kier alpha value is -2.36. The Balaban J connectivity index is 2.15. The van der Waals surface area contributed by atoms with Crippen LogP contribution < -0.4 is 0 Å². The summed E-state index contributed by atoms with van der Waals surface area (Å²) in [4.78, 5) is 17.7. The van der Waals surface area contributed by atoms with Gasteiger partial charge in [-0.15, -0.1) is 0 Å². The molecule has 1 amide bonds. The molecule has 4 nitrogen and oxygen atoms in total. The number of phenols is 1. The van der Waals surface area contributed by atoms with Gasteiger partial charge in [-0.1, -0.05) is 6.07 Å². The van der Waals surface area contributed by atoms with Crippen LogP contribution in [0.25, 0.3) is 0 Å². The molecule has 0 bridgehead atoms. The van der Waals surface area contributed by atoms with Crippen molar-refractivity contribution in [2.24, 2.45) is 0 Å². The number of aromatic hydroxyl groups is 1. The van der Waals surface area contributed by atoms with Gasteiger partial charge in [-0.05, 0) is 42.3 Å². The normalized spacial score (nSPS) is 10.2. The fourth-order valence-electron chi connectivity index (χ4n) is 1.86. The molecule has 19 heavy (non-hydrogen) atoms. The van der Waals surface area contributed by atoms with E-state index in [1.54, 1.807) is 36.5 Å². The average molecular weight is 256 g/mol. The third kappa shape index (κ3) is 3.10. The van der Waals surface area contributed by atoms with Crippen LogP contribution in [0.15, 0.2) is 42.7 Å². The van der Waals surface area contributed by atoms with Crippen molar-refractivity contribution in [2.75, 3.05) is 7.05 Å². The van der Waals surface area contributed by atoms with E-state index in [1.807, 2.05) is 25.1 Å². The second-order valence-corrected chi connectivity index (χ2v) is 4.54. The molecular formula is C15H16N2O2. The van der Waals surface area contributed by atoms with Crippen LogP contribution in [-0.4, -0.2) is 27.9 Å². The summed E-state index contributed by atoms with van der Waals surface area (Å²) in [6.07, 6.45) is 3.38. The molecule has 98 valence electrons. The number of aryl methyl sites for hydroxylation is 1. The summed E-state index contributed by atoms with van der Waals surface area (Å²) in [5.41, 5.74) is 2.24. The molecule has 0 unspecified atom stereocenters. The molecule has 1 aromatic heterocycles. The van der Waals surface area contributed by atoms with Crippen molar-refractivity contribution in [3.05, 3.63) is 59.4 Å². The van der Waals surface area contributed by atoms with Crippen LogP contribution in [0, 0.1) is 6.92 Å². The van der Waals surface area contributed by atoms with Crippen LogP contribution in [0.2, 0.25) is 0 Å². The van der Waals surface area contributed by atoms with Gasteiger partial charge in [0.25, 0.3) is 5.91 Å². The highest BCUT2D eigenvalue weighted by atomic mass is 16.3. The van der Waals surface area contributed by atoms with E-state index in [9.17, 15) is 9.90 Å². The fraction of sp³-hybridized carbons (Fsp3) is 0.200. The zero-order valence-corrected chi connectivity index (χ0v) is 11.0. The molecule has 0 saturated heterocycles. The summed E-state index contributed by atoms with van der Waals surface area (Å²) in [7, 11) is 1.71. The lowest BCUT2D eigenvalue weighted by molar-refractivity contribution is 0.0782. The third-order valence-corrected chi connectivity index (χ3v) is 2.90. The second kappa shape index (κ2) is 5.52. The monoisotopic (exact) mass is 256 g/mol. The van der Waals surface area contributed by atoms with E-state index >= 15 is 0 Å². The molecule has 0 aliphatic carbocycles. The Kier molecular flexibility index (Phi) is 3.80. The fourth-order valence-corrected chi connectivity index (χ4v) is 1.86. The number of rotatable bonds is 3. The highest BCUT2D eigenvalue weighted by Gasteiger charge is 2.15. The maximum Gasteiger partial charge on any atom is 0.257 e. The molecule has 0 aliphatic heterocycles. The van der Waals surface area contributed by atoms with E-state index in [2.05, 4.69) is 4.98 Å². The summed E-state index contributed by atoms with van der Waals surface area (Å²) in [5.74, 6) is -0.180. The first-order valence-corrected chi connectivity index (χ1v) is 6.02. The standard InChI is InChI=1S/C15H16N2O2/c1-11-3-4-13(14(18)9-11)15(19)17(2)10-12-5-7-16-8-6-12/h3-9,18H,10H2,1-2H3. The molecule has 1 aromatic carbocycles. The Morgan fingerprint density at radius 1 is 1.26 bits per heavy atom. The van der Waals surface area contributed by atoms with E-state index in [4.69, 9.17) is 0 Å². The number of hydrogen-bond acceptors (Lipinski definition) is 3. The second-order valence-electron chi connectivity index (χ2n) is 4.54. The number of benzene rings is 1. The number of carbonyl (C=O) groups is 1. The van der Waals surface area contributed by atoms with Crippen LogP contribution in [0.5, 0.6) is 5.75 Å². The molecule has 0 radical (unpaired) electrons.